The van der Waals surface area contributed by atoms with E-state index in [0.29, 0.717) is 24.5 Å². The van der Waals surface area contributed by atoms with Crippen LogP contribution >= 0.6 is 0 Å². The van der Waals surface area contributed by atoms with Crippen LogP contribution in [0.5, 0.6) is 11.5 Å². The molecule has 0 aromatic heterocycles. The molecule has 2 aromatic carbocycles. The third kappa shape index (κ3) is 4.49. The molecule has 0 aliphatic heterocycles. The van der Waals surface area contributed by atoms with E-state index < -0.39 is 0 Å². The summed E-state index contributed by atoms with van der Waals surface area (Å²) in [7, 11) is 3.22. The predicted molar refractivity (Wildman–Crippen MR) is 91.0 cm³/mol. The van der Waals surface area contributed by atoms with Gasteiger partial charge in [-0.15, -0.1) is 0 Å². The molecule has 4 nitrogen and oxygen atoms in total. The number of hydrogen-bond acceptors (Lipinski definition) is 3. The van der Waals surface area contributed by atoms with Gasteiger partial charge in [-0.3, -0.25) is 4.79 Å². The molecule has 0 heterocycles. The van der Waals surface area contributed by atoms with Crippen molar-refractivity contribution in [3.63, 3.8) is 0 Å². The highest BCUT2D eigenvalue weighted by Crippen LogP contribution is 2.30. The van der Waals surface area contributed by atoms with Crippen molar-refractivity contribution < 1.29 is 14.3 Å². The lowest BCUT2D eigenvalue weighted by Gasteiger charge is -2.13. The van der Waals surface area contributed by atoms with Crippen LogP contribution in [0.25, 0.3) is 0 Å². The van der Waals surface area contributed by atoms with Crippen LogP contribution in [0.3, 0.4) is 0 Å². The van der Waals surface area contributed by atoms with Gasteiger partial charge in [0.1, 0.15) is 0 Å². The summed E-state index contributed by atoms with van der Waals surface area (Å²) in [6, 6.07) is 11.8. The normalized spacial score (nSPS) is 10.3. The predicted octanol–water partition coefficient (Wildman–Crippen LogP) is 3.18. The number of methoxy groups -OCH3 is 2. The average molecular weight is 313 g/mol. The van der Waals surface area contributed by atoms with Crippen LogP contribution < -0.4 is 14.8 Å². The first kappa shape index (κ1) is 16.9. The van der Waals surface area contributed by atoms with Gasteiger partial charge in [0.05, 0.1) is 20.6 Å². The summed E-state index contributed by atoms with van der Waals surface area (Å²) in [5.41, 5.74) is 4.25. The fourth-order valence-corrected chi connectivity index (χ4v) is 2.48. The number of rotatable bonds is 6. The van der Waals surface area contributed by atoms with Crippen molar-refractivity contribution in [3.05, 3.63) is 58.7 Å². The number of amides is 1. The van der Waals surface area contributed by atoms with Gasteiger partial charge in [-0.05, 0) is 42.7 Å². The Balaban J connectivity index is 2.01. The van der Waals surface area contributed by atoms with Gasteiger partial charge in [0.15, 0.2) is 11.5 Å². The maximum atomic E-state index is 12.1. The second-order valence-corrected chi connectivity index (χ2v) is 5.58. The van der Waals surface area contributed by atoms with Crippen molar-refractivity contribution in [2.75, 3.05) is 14.2 Å². The Morgan fingerprint density at radius 1 is 1.04 bits per heavy atom. The minimum Gasteiger partial charge on any atom is -0.493 e. The Hall–Kier alpha value is -2.49. The van der Waals surface area contributed by atoms with Gasteiger partial charge in [-0.2, -0.15) is 0 Å². The molecule has 0 bridgehead atoms. The van der Waals surface area contributed by atoms with Crippen LogP contribution in [-0.4, -0.2) is 20.1 Å². The Labute approximate surface area is 137 Å². The Bertz CT molecular complexity index is 695. The number of aryl methyl sites for hydroxylation is 2. The Kier molecular flexibility index (Phi) is 5.63. The van der Waals surface area contributed by atoms with E-state index in [0.717, 1.165) is 22.3 Å². The third-order valence-electron chi connectivity index (χ3n) is 3.77. The quantitative estimate of drug-likeness (QED) is 0.891. The second kappa shape index (κ2) is 7.68. The highest BCUT2D eigenvalue weighted by atomic mass is 16.5. The highest BCUT2D eigenvalue weighted by Gasteiger charge is 2.10. The van der Waals surface area contributed by atoms with E-state index in [1.165, 1.54) is 0 Å². The van der Waals surface area contributed by atoms with Crippen molar-refractivity contribution in [2.45, 2.75) is 26.8 Å². The van der Waals surface area contributed by atoms with E-state index in [-0.39, 0.29) is 5.91 Å². The molecule has 2 aromatic rings. The zero-order valence-electron chi connectivity index (χ0n) is 14.1. The summed E-state index contributed by atoms with van der Waals surface area (Å²) < 4.78 is 10.6. The second-order valence-electron chi connectivity index (χ2n) is 5.58. The van der Waals surface area contributed by atoms with E-state index in [1.807, 2.05) is 50.2 Å². The molecule has 0 radical (unpaired) electrons. The number of nitrogens with one attached hydrogen (secondary N) is 1. The Morgan fingerprint density at radius 2 is 1.74 bits per heavy atom. The highest BCUT2D eigenvalue weighted by molar-refractivity contribution is 5.78. The molecule has 0 atom stereocenters. The van der Waals surface area contributed by atoms with E-state index in [9.17, 15) is 4.79 Å². The van der Waals surface area contributed by atoms with E-state index in [1.54, 1.807) is 14.2 Å². The van der Waals surface area contributed by atoms with E-state index >= 15 is 0 Å². The number of benzene rings is 2. The smallest absolute Gasteiger partial charge is 0.224 e. The molecular weight excluding hydrogens is 290 g/mol. The summed E-state index contributed by atoms with van der Waals surface area (Å²) in [4.78, 5) is 12.1. The first-order valence-electron chi connectivity index (χ1n) is 7.57. The van der Waals surface area contributed by atoms with Crippen molar-refractivity contribution in [1.29, 1.82) is 0 Å². The van der Waals surface area contributed by atoms with Crippen LogP contribution in [0, 0.1) is 13.8 Å². The zero-order chi connectivity index (χ0) is 16.8. The Morgan fingerprint density at radius 3 is 2.39 bits per heavy atom. The zero-order valence-corrected chi connectivity index (χ0v) is 14.1. The van der Waals surface area contributed by atoms with Gasteiger partial charge in [-0.25, -0.2) is 0 Å². The summed E-state index contributed by atoms with van der Waals surface area (Å²) >= 11 is 0. The van der Waals surface area contributed by atoms with Gasteiger partial charge in [-0.1, -0.05) is 29.8 Å². The van der Waals surface area contributed by atoms with E-state index in [4.69, 9.17) is 9.47 Å². The topological polar surface area (TPSA) is 47.6 Å². The number of carbonyl (C=O) groups excluding carboxylic acids is 1. The van der Waals surface area contributed by atoms with Crippen LogP contribution in [0.2, 0.25) is 0 Å². The van der Waals surface area contributed by atoms with Gasteiger partial charge < -0.3 is 14.8 Å². The summed E-state index contributed by atoms with van der Waals surface area (Å²) in [5, 5.41) is 2.96. The first-order valence-corrected chi connectivity index (χ1v) is 7.57. The van der Waals surface area contributed by atoms with Crippen LogP contribution in [0.4, 0.5) is 0 Å². The number of carbonyl (C=O) groups is 1. The minimum atomic E-state index is 0.00443. The maximum absolute atomic E-state index is 12.1. The molecule has 1 amide bonds. The fourth-order valence-electron chi connectivity index (χ4n) is 2.48. The summed E-state index contributed by atoms with van der Waals surface area (Å²) in [5.74, 6) is 1.37. The average Bonchev–Trinajstić information content (AvgIpc) is 2.53. The SMILES string of the molecule is COc1cc(C)c(CNC(=O)Cc2cccc(C)c2)cc1OC. The fraction of sp³-hybridized carbons (Fsp3) is 0.316. The standard InChI is InChI=1S/C19H23NO3/c1-13-6-5-7-15(8-13)10-19(21)20-12-16-11-18(23-4)17(22-3)9-14(16)2/h5-9,11H,10,12H2,1-4H3,(H,20,21). The molecule has 0 spiro atoms. The number of hydrogen-bond donors (Lipinski definition) is 1. The molecule has 0 unspecified atom stereocenters. The van der Waals surface area contributed by atoms with Gasteiger partial charge in [0, 0.05) is 6.54 Å². The minimum absolute atomic E-state index is 0.00443. The monoisotopic (exact) mass is 313 g/mol. The molecule has 0 fully saturated rings. The molecule has 0 aliphatic rings. The van der Waals surface area contributed by atoms with Crippen molar-refractivity contribution in [3.8, 4) is 11.5 Å². The lowest BCUT2D eigenvalue weighted by Crippen LogP contribution is -2.25. The molecule has 23 heavy (non-hydrogen) atoms. The number of ether oxygens (including phenoxy) is 2. The molecule has 0 saturated carbocycles. The summed E-state index contributed by atoms with van der Waals surface area (Å²) in [6.07, 6.45) is 0.383. The molecule has 122 valence electrons. The molecular formula is C19H23NO3. The molecule has 2 rings (SSSR count). The molecule has 1 N–H and O–H groups in total. The first-order chi connectivity index (χ1) is 11.0. The van der Waals surface area contributed by atoms with Gasteiger partial charge in [0.25, 0.3) is 0 Å². The van der Waals surface area contributed by atoms with Crippen LogP contribution in [-0.2, 0) is 17.8 Å². The van der Waals surface area contributed by atoms with Gasteiger partial charge in [0.2, 0.25) is 5.91 Å². The lowest BCUT2D eigenvalue weighted by atomic mass is 10.1. The molecule has 4 heteroatoms. The van der Waals surface area contributed by atoms with E-state index in [2.05, 4.69) is 5.32 Å². The van der Waals surface area contributed by atoms with Crippen LogP contribution in [0.1, 0.15) is 22.3 Å². The van der Waals surface area contributed by atoms with Crippen molar-refractivity contribution in [1.82, 2.24) is 5.32 Å². The summed E-state index contributed by atoms with van der Waals surface area (Å²) in [6.45, 7) is 4.48. The lowest BCUT2D eigenvalue weighted by molar-refractivity contribution is -0.120. The van der Waals surface area contributed by atoms with Gasteiger partial charge >= 0.3 is 0 Å². The van der Waals surface area contributed by atoms with Crippen LogP contribution in [0.15, 0.2) is 36.4 Å². The molecule has 0 aliphatic carbocycles. The van der Waals surface area contributed by atoms with Crippen molar-refractivity contribution >= 4 is 5.91 Å². The third-order valence-corrected chi connectivity index (χ3v) is 3.77. The largest absolute Gasteiger partial charge is 0.493 e. The van der Waals surface area contributed by atoms with Crippen molar-refractivity contribution in [2.24, 2.45) is 0 Å². The molecule has 0 saturated heterocycles. The maximum Gasteiger partial charge on any atom is 0.224 e.